The molecule has 0 radical (unpaired) electrons. The Bertz CT molecular complexity index is 421. The maximum atomic E-state index is 13.4. The van der Waals surface area contributed by atoms with Gasteiger partial charge in [-0.15, -0.1) is 0 Å². The Hall–Kier alpha value is -1.17. The van der Waals surface area contributed by atoms with Gasteiger partial charge in [-0.05, 0) is 5.41 Å². The van der Waals surface area contributed by atoms with E-state index < -0.39 is 46.1 Å². The van der Waals surface area contributed by atoms with Crippen LogP contribution in [0, 0.1) is 34.5 Å². The van der Waals surface area contributed by atoms with Gasteiger partial charge in [0.2, 0.25) is 5.82 Å². The Morgan fingerprint density at radius 3 is 1.35 bits per heavy atom. The van der Waals surface area contributed by atoms with Crippen molar-refractivity contribution in [3.63, 3.8) is 0 Å². The van der Waals surface area contributed by atoms with Crippen LogP contribution in [0.4, 0.5) is 22.0 Å². The number of hydrogen-bond donors (Lipinski definition) is 1. The first-order chi connectivity index (χ1) is 7.59. The molecule has 1 unspecified atom stereocenters. The number of hydrogen-bond acceptors (Lipinski definition) is 1. The van der Waals surface area contributed by atoms with Crippen LogP contribution in [-0.2, 0) is 0 Å². The Labute approximate surface area is 95.4 Å². The Morgan fingerprint density at radius 1 is 0.765 bits per heavy atom. The van der Waals surface area contributed by atoms with Crippen LogP contribution in [-0.4, -0.2) is 0 Å². The highest BCUT2D eigenvalue weighted by atomic mass is 19.2. The standard InChI is InChI=1S/C11H12F5N/c1-11(2,3)10(17)4-5(12)7(14)9(16)8(15)6(4)13/h10H,17H2,1-3H3. The second-order valence-corrected chi connectivity index (χ2v) is 4.83. The van der Waals surface area contributed by atoms with E-state index in [0.29, 0.717) is 0 Å². The maximum Gasteiger partial charge on any atom is 0.200 e. The van der Waals surface area contributed by atoms with E-state index in [1.165, 1.54) is 20.8 Å². The van der Waals surface area contributed by atoms with E-state index in [1.807, 2.05) is 0 Å². The van der Waals surface area contributed by atoms with Crippen molar-refractivity contribution < 1.29 is 22.0 Å². The molecule has 0 amide bonds. The van der Waals surface area contributed by atoms with Gasteiger partial charge in [0.25, 0.3) is 0 Å². The van der Waals surface area contributed by atoms with Gasteiger partial charge in [0.05, 0.1) is 0 Å². The molecule has 0 spiro atoms. The van der Waals surface area contributed by atoms with Crippen molar-refractivity contribution in [2.75, 3.05) is 0 Å². The van der Waals surface area contributed by atoms with E-state index in [0.717, 1.165) is 0 Å². The molecule has 0 saturated heterocycles. The van der Waals surface area contributed by atoms with Gasteiger partial charge in [-0.3, -0.25) is 0 Å². The molecule has 2 N–H and O–H groups in total. The molecule has 1 rings (SSSR count). The lowest BCUT2D eigenvalue weighted by Crippen LogP contribution is -2.29. The monoisotopic (exact) mass is 253 g/mol. The molecule has 0 bridgehead atoms. The van der Waals surface area contributed by atoms with Gasteiger partial charge < -0.3 is 5.73 Å². The summed E-state index contributed by atoms with van der Waals surface area (Å²) >= 11 is 0. The lowest BCUT2D eigenvalue weighted by atomic mass is 9.82. The lowest BCUT2D eigenvalue weighted by Gasteiger charge is -2.28. The predicted molar refractivity (Wildman–Crippen MR) is 52.6 cm³/mol. The van der Waals surface area contributed by atoms with E-state index in [1.54, 1.807) is 0 Å². The Morgan fingerprint density at radius 2 is 1.06 bits per heavy atom. The smallest absolute Gasteiger partial charge is 0.200 e. The fourth-order valence-electron chi connectivity index (χ4n) is 1.33. The van der Waals surface area contributed by atoms with Crippen molar-refractivity contribution in [3.8, 4) is 0 Å². The molecule has 96 valence electrons. The lowest BCUT2D eigenvalue weighted by molar-refractivity contribution is 0.292. The van der Waals surface area contributed by atoms with E-state index >= 15 is 0 Å². The molecule has 0 aliphatic rings. The molecule has 0 saturated carbocycles. The quantitative estimate of drug-likeness (QED) is 0.463. The largest absolute Gasteiger partial charge is 0.323 e. The fourth-order valence-corrected chi connectivity index (χ4v) is 1.33. The van der Waals surface area contributed by atoms with Gasteiger partial charge in [-0.1, -0.05) is 20.8 Å². The molecule has 1 nitrogen and oxygen atoms in total. The second-order valence-electron chi connectivity index (χ2n) is 4.83. The minimum absolute atomic E-state index is 0.835. The third-order valence-electron chi connectivity index (χ3n) is 2.49. The average molecular weight is 253 g/mol. The Kier molecular flexibility index (Phi) is 3.47. The van der Waals surface area contributed by atoms with Crippen LogP contribution in [0.2, 0.25) is 0 Å². The van der Waals surface area contributed by atoms with Crippen LogP contribution in [0.5, 0.6) is 0 Å². The van der Waals surface area contributed by atoms with Crippen LogP contribution in [0.1, 0.15) is 32.4 Å². The summed E-state index contributed by atoms with van der Waals surface area (Å²) < 4.78 is 65.4. The molecular weight excluding hydrogens is 241 g/mol. The summed E-state index contributed by atoms with van der Waals surface area (Å²) in [5.41, 5.74) is 3.71. The fraction of sp³-hybridized carbons (Fsp3) is 0.455. The molecular formula is C11H12F5N. The van der Waals surface area contributed by atoms with Crippen molar-refractivity contribution in [2.24, 2.45) is 11.1 Å². The predicted octanol–water partition coefficient (Wildman–Crippen LogP) is 3.43. The van der Waals surface area contributed by atoms with E-state index in [2.05, 4.69) is 0 Å². The highest BCUT2D eigenvalue weighted by Crippen LogP contribution is 2.35. The average Bonchev–Trinajstić information content (AvgIpc) is 2.22. The van der Waals surface area contributed by atoms with Gasteiger partial charge in [0.1, 0.15) is 0 Å². The SMILES string of the molecule is CC(C)(C)C(N)c1c(F)c(F)c(F)c(F)c1F. The first-order valence-electron chi connectivity index (χ1n) is 4.86. The summed E-state index contributed by atoms with van der Waals surface area (Å²) in [6, 6.07) is -1.30. The molecule has 17 heavy (non-hydrogen) atoms. The Balaban J connectivity index is 3.55. The van der Waals surface area contributed by atoms with Gasteiger partial charge in [0, 0.05) is 11.6 Å². The zero-order chi connectivity index (χ0) is 13.5. The van der Waals surface area contributed by atoms with Crippen molar-refractivity contribution in [2.45, 2.75) is 26.8 Å². The molecule has 0 heterocycles. The van der Waals surface area contributed by atoms with E-state index in [4.69, 9.17) is 5.73 Å². The number of nitrogens with two attached hydrogens (primary N) is 1. The van der Waals surface area contributed by atoms with Crippen LogP contribution < -0.4 is 5.73 Å². The van der Waals surface area contributed by atoms with Crippen molar-refractivity contribution in [1.82, 2.24) is 0 Å². The van der Waals surface area contributed by atoms with E-state index in [-0.39, 0.29) is 0 Å². The normalized spacial score (nSPS) is 13.9. The maximum absolute atomic E-state index is 13.4. The summed E-state index contributed by atoms with van der Waals surface area (Å²) in [4.78, 5) is 0. The van der Waals surface area contributed by atoms with Gasteiger partial charge in [-0.2, -0.15) is 0 Å². The highest BCUT2D eigenvalue weighted by molar-refractivity contribution is 5.27. The molecule has 6 heteroatoms. The van der Waals surface area contributed by atoms with Crippen molar-refractivity contribution >= 4 is 0 Å². The molecule has 1 aromatic rings. The third-order valence-corrected chi connectivity index (χ3v) is 2.49. The van der Waals surface area contributed by atoms with Crippen LogP contribution in [0.25, 0.3) is 0 Å². The summed E-state index contributed by atoms with van der Waals surface area (Å²) in [5.74, 6) is -9.87. The molecule has 0 aromatic heterocycles. The van der Waals surface area contributed by atoms with Crippen LogP contribution in [0.15, 0.2) is 0 Å². The minimum atomic E-state index is -2.18. The molecule has 0 aliphatic carbocycles. The zero-order valence-electron chi connectivity index (χ0n) is 9.54. The van der Waals surface area contributed by atoms with Crippen molar-refractivity contribution in [3.05, 3.63) is 34.6 Å². The van der Waals surface area contributed by atoms with Crippen molar-refractivity contribution in [1.29, 1.82) is 0 Å². The van der Waals surface area contributed by atoms with Crippen LogP contribution >= 0.6 is 0 Å². The number of rotatable bonds is 1. The minimum Gasteiger partial charge on any atom is -0.323 e. The number of benzene rings is 1. The third kappa shape index (κ3) is 2.26. The summed E-state index contributed by atoms with van der Waals surface area (Å²) in [6.45, 7) is 4.61. The number of halogens is 5. The first-order valence-corrected chi connectivity index (χ1v) is 4.86. The summed E-state index contributed by atoms with van der Waals surface area (Å²) in [7, 11) is 0. The molecule has 1 atom stereocenters. The van der Waals surface area contributed by atoms with Gasteiger partial charge >= 0.3 is 0 Å². The second kappa shape index (κ2) is 4.25. The summed E-state index contributed by atoms with van der Waals surface area (Å²) in [6.07, 6.45) is 0. The topological polar surface area (TPSA) is 26.0 Å². The van der Waals surface area contributed by atoms with Crippen LogP contribution in [0.3, 0.4) is 0 Å². The highest BCUT2D eigenvalue weighted by Gasteiger charge is 2.33. The van der Waals surface area contributed by atoms with Gasteiger partial charge in [-0.25, -0.2) is 22.0 Å². The van der Waals surface area contributed by atoms with Gasteiger partial charge in [0.15, 0.2) is 23.3 Å². The van der Waals surface area contributed by atoms with E-state index in [9.17, 15) is 22.0 Å². The molecule has 1 aromatic carbocycles. The molecule has 0 fully saturated rings. The molecule has 0 aliphatic heterocycles. The summed E-state index contributed by atoms with van der Waals surface area (Å²) in [5, 5.41) is 0. The first kappa shape index (κ1) is 13.9. The zero-order valence-corrected chi connectivity index (χ0v) is 9.54.